The third kappa shape index (κ3) is 5.98. The first-order valence-electron chi connectivity index (χ1n) is 8.69. The van der Waals surface area contributed by atoms with Crippen molar-refractivity contribution in [2.45, 2.75) is 24.9 Å². The monoisotopic (exact) mass is 499 g/mol. The van der Waals surface area contributed by atoms with Crippen molar-refractivity contribution < 1.29 is 51.6 Å². The van der Waals surface area contributed by atoms with Crippen molar-refractivity contribution in [3.63, 3.8) is 0 Å². The summed E-state index contributed by atoms with van der Waals surface area (Å²) in [6.07, 6.45) is -2.57. The highest BCUT2D eigenvalue weighted by atomic mass is 31.2. The van der Waals surface area contributed by atoms with Crippen LogP contribution in [0.25, 0.3) is 11.2 Å². The minimum absolute atomic E-state index is 0.0296. The first-order chi connectivity index (χ1) is 14.9. The van der Waals surface area contributed by atoms with Gasteiger partial charge in [-0.25, -0.2) is 18.9 Å². The quantitative estimate of drug-likeness (QED) is 0.200. The molecule has 2 aromatic heterocycles. The molecule has 19 heteroatoms. The van der Waals surface area contributed by atoms with E-state index in [0.29, 0.717) is 0 Å². The van der Waals surface area contributed by atoms with Gasteiger partial charge in [0.1, 0.15) is 18.4 Å². The number of phosphoric acid groups is 2. The fourth-order valence-electron chi connectivity index (χ4n) is 2.86. The predicted molar refractivity (Wildman–Crippen MR) is 102 cm³/mol. The van der Waals surface area contributed by atoms with Crippen molar-refractivity contribution in [2.24, 2.45) is 0 Å². The van der Waals surface area contributed by atoms with Gasteiger partial charge in [-0.3, -0.25) is 27.9 Å². The molecule has 3 rings (SSSR count). The summed E-state index contributed by atoms with van der Waals surface area (Å²) in [5.41, 5.74) is 4.89. The number of esters is 1. The van der Waals surface area contributed by atoms with E-state index >= 15 is 0 Å². The number of hydrogen-bond acceptors (Lipinski definition) is 12. The number of anilines is 1. The molecule has 3 heterocycles. The lowest BCUT2D eigenvalue weighted by Crippen LogP contribution is -2.28. The molecular formula is C13H19N5O12P2. The van der Waals surface area contributed by atoms with Crippen molar-refractivity contribution in [3.05, 3.63) is 16.7 Å². The Morgan fingerprint density at radius 2 is 2.09 bits per heavy atom. The molecule has 1 aliphatic rings. The van der Waals surface area contributed by atoms with E-state index in [0.717, 1.165) is 7.11 Å². The molecule has 0 aliphatic carbocycles. The van der Waals surface area contributed by atoms with E-state index in [-0.39, 0.29) is 23.5 Å². The normalized spacial score (nSPS) is 23.3. The lowest BCUT2D eigenvalue weighted by Gasteiger charge is -2.20. The lowest BCUT2D eigenvalue weighted by molar-refractivity contribution is -0.143. The van der Waals surface area contributed by atoms with E-state index in [4.69, 9.17) is 19.5 Å². The fraction of sp³-hybridized carbons (Fsp3) is 0.538. The zero-order chi connectivity index (χ0) is 23.7. The number of nitrogens with two attached hydrogens (primary N) is 1. The van der Waals surface area contributed by atoms with Crippen LogP contribution in [0.3, 0.4) is 0 Å². The number of carbonyl (C=O) groups is 1. The molecule has 2 aromatic rings. The van der Waals surface area contributed by atoms with Gasteiger partial charge in [0.05, 0.1) is 20.0 Å². The van der Waals surface area contributed by atoms with E-state index < -0.39 is 58.8 Å². The minimum atomic E-state index is -4.99. The summed E-state index contributed by atoms with van der Waals surface area (Å²) in [6, 6.07) is 0. The number of ether oxygens (including phenoxy) is 2. The Hall–Kier alpha value is -2.20. The number of nitrogen functional groups attached to an aromatic ring is 1. The van der Waals surface area contributed by atoms with E-state index in [1.165, 1.54) is 10.9 Å². The number of aromatic nitrogens is 4. The summed E-state index contributed by atoms with van der Waals surface area (Å²) < 4.78 is 48.4. The van der Waals surface area contributed by atoms with Crippen LogP contribution in [0.15, 0.2) is 11.1 Å². The van der Waals surface area contributed by atoms with Crippen LogP contribution in [0.2, 0.25) is 0 Å². The van der Waals surface area contributed by atoms with Crippen molar-refractivity contribution >= 4 is 38.7 Å². The van der Waals surface area contributed by atoms with Crippen LogP contribution in [0, 0.1) is 0 Å². The fourth-order valence-corrected chi connectivity index (χ4v) is 4.11. The highest BCUT2D eigenvalue weighted by Crippen LogP contribution is 2.47. The molecule has 32 heavy (non-hydrogen) atoms. The van der Waals surface area contributed by atoms with Gasteiger partial charge >= 0.3 is 21.6 Å². The molecule has 178 valence electrons. The summed E-state index contributed by atoms with van der Waals surface area (Å²) in [4.78, 5) is 61.2. The van der Waals surface area contributed by atoms with Crippen LogP contribution >= 0.6 is 15.6 Å². The topological polar surface area (TPSA) is 248 Å². The summed E-state index contributed by atoms with van der Waals surface area (Å²) in [7, 11) is -8.69. The molecule has 17 nitrogen and oxygen atoms in total. The largest absolute Gasteiger partial charge is 0.472 e. The van der Waals surface area contributed by atoms with E-state index in [2.05, 4.69) is 24.2 Å². The zero-order valence-corrected chi connectivity index (χ0v) is 18.0. The molecule has 0 amide bonds. The second kappa shape index (κ2) is 9.35. The number of nitrogens with zero attached hydrogens (tertiary/aromatic N) is 3. The van der Waals surface area contributed by atoms with E-state index in [1.807, 2.05) is 0 Å². The van der Waals surface area contributed by atoms with Crippen molar-refractivity contribution in [1.82, 2.24) is 19.5 Å². The molecule has 4 unspecified atom stereocenters. The first kappa shape index (κ1) is 24.4. The van der Waals surface area contributed by atoms with Gasteiger partial charge in [-0.1, -0.05) is 0 Å². The van der Waals surface area contributed by atoms with Gasteiger partial charge in [0.2, 0.25) is 5.95 Å². The number of nitrogens with one attached hydrogen (secondary N) is 1. The Labute approximate surface area is 178 Å². The summed E-state index contributed by atoms with van der Waals surface area (Å²) >= 11 is 0. The molecule has 0 aromatic carbocycles. The van der Waals surface area contributed by atoms with Crippen LogP contribution in [-0.4, -0.2) is 72.7 Å². The van der Waals surface area contributed by atoms with Gasteiger partial charge in [-0.15, -0.1) is 0 Å². The molecule has 0 spiro atoms. The summed E-state index contributed by atoms with van der Waals surface area (Å²) in [5, 5.41) is 0. The maximum Gasteiger partial charge on any atom is 0.472 e. The average Bonchev–Trinajstić information content (AvgIpc) is 3.27. The van der Waals surface area contributed by atoms with Gasteiger partial charge in [0.25, 0.3) is 5.56 Å². The second-order valence-electron chi connectivity index (χ2n) is 6.39. The maximum atomic E-state index is 11.9. The molecule has 1 saturated heterocycles. The van der Waals surface area contributed by atoms with Crippen LogP contribution in [0.4, 0.5) is 5.95 Å². The molecule has 0 radical (unpaired) electrons. The van der Waals surface area contributed by atoms with Gasteiger partial charge in [0, 0.05) is 6.42 Å². The van der Waals surface area contributed by atoms with Gasteiger partial charge in [0.15, 0.2) is 17.8 Å². The van der Waals surface area contributed by atoms with E-state index in [1.54, 1.807) is 0 Å². The SMILES string of the molecule is COC(=O)COP(=O)(O)OCC1OC(n2cnc3c(=O)[nH]c(N)nc32)CC1OP(=O)(O)O. The second-order valence-corrected chi connectivity index (χ2v) is 9.03. The number of aromatic amines is 1. The average molecular weight is 499 g/mol. The Bertz CT molecular complexity index is 1140. The molecule has 1 aliphatic heterocycles. The van der Waals surface area contributed by atoms with Crippen molar-refractivity contribution in [1.29, 1.82) is 0 Å². The third-order valence-electron chi connectivity index (χ3n) is 4.19. The molecule has 6 N–H and O–H groups in total. The number of H-pyrrole nitrogens is 1. The van der Waals surface area contributed by atoms with E-state index in [9.17, 15) is 33.4 Å². The molecule has 0 saturated carbocycles. The van der Waals surface area contributed by atoms with Gasteiger partial charge < -0.3 is 29.9 Å². The molecular weight excluding hydrogens is 480 g/mol. The molecule has 4 atom stereocenters. The third-order valence-corrected chi connectivity index (χ3v) is 5.67. The Morgan fingerprint density at radius 3 is 2.75 bits per heavy atom. The molecule has 0 bridgehead atoms. The first-order valence-corrected chi connectivity index (χ1v) is 11.7. The smallest absolute Gasteiger partial charge is 0.467 e. The Kier molecular flexibility index (Phi) is 7.14. The van der Waals surface area contributed by atoms with Crippen LogP contribution in [0.5, 0.6) is 0 Å². The number of carbonyl (C=O) groups excluding carboxylic acids is 1. The number of methoxy groups -OCH3 is 1. The number of hydrogen-bond donors (Lipinski definition) is 5. The van der Waals surface area contributed by atoms with Crippen LogP contribution < -0.4 is 11.3 Å². The summed E-state index contributed by atoms with van der Waals surface area (Å²) in [6.45, 7) is -1.58. The highest BCUT2D eigenvalue weighted by molar-refractivity contribution is 7.47. The summed E-state index contributed by atoms with van der Waals surface area (Å²) in [5.74, 6) is -1.13. The van der Waals surface area contributed by atoms with Gasteiger partial charge in [-0.05, 0) is 0 Å². The molecule has 1 fully saturated rings. The number of rotatable bonds is 9. The van der Waals surface area contributed by atoms with Crippen molar-refractivity contribution in [3.8, 4) is 0 Å². The number of imidazole rings is 1. The lowest BCUT2D eigenvalue weighted by atomic mass is 10.2. The van der Waals surface area contributed by atoms with Crippen LogP contribution in [0.1, 0.15) is 12.6 Å². The predicted octanol–water partition coefficient (Wildman–Crippen LogP) is -1.23. The minimum Gasteiger partial charge on any atom is -0.467 e. The highest BCUT2D eigenvalue weighted by Gasteiger charge is 2.42. The number of fused-ring (bicyclic) bond motifs is 1. The van der Waals surface area contributed by atoms with Crippen molar-refractivity contribution in [2.75, 3.05) is 26.1 Å². The van der Waals surface area contributed by atoms with Crippen LogP contribution in [-0.2, 0) is 37.0 Å². The standard InChI is InChI=1S/C13H19N5O12P2/c1-26-9(19)4-28-32(24,25)27-3-7-6(30-31(21,22)23)2-8(29-7)18-5-15-10-11(18)16-13(14)17-12(10)20/h5-8H,2-4H2,1H3,(H,24,25)(H2,21,22,23)(H3,14,16,17,20). The van der Waals surface area contributed by atoms with Gasteiger partial charge in [-0.2, -0.15) is 4.98 Å². The zero-order valence-electron chi connectivity index (χ0n) is 16.3. The Balaban J connectivity index is 1.78. The Morgan fingerprint density at radius 1 is 1.38 bits per heavy atom. The number of phosphoric ester groups is 2. The maximum absolute atomic E-state index is 11.9.